The molecule has 0 bridgehead atoms. The van der Waals surface area contributed by atoms with E-state index in [0.717, 1.165) is 49.5 Å². The van der Waals surface area contributed by atoms with E-state index < -0.39 is 23.8 Å². The van der Waals surface area contributed by atoms with Crippen molar-refractivity contribution >= 4 is 17.8 Å². The van der Waals surface area contributed by atoms with Gasteiger partial charge in [-0.25, -0.2) is 9.78 Å². The first-order chi connectivity index (χ1) is 17.7. The number of rotatable bonds is 7. The van der Waals surface area contributed by atoms with Crippen LogP contribution in [0.1, 0.15) is 55.1 Å². The van der Waals surface area contributed by atoms with Crippen molar-refractivity contribution in [2.45, 2.75) is 64.3 Å². The van der Waals surface area contributed by atoms with Crippen LogP contribution in [0.2, 0.25) is 0 Å². The van der Waals surface area contributed by atoms with E-state index in [-0.39, 0.29) is 12.5 Å². The van der Waals surface area contributed by atoms with Gasteiger partial charge in [-0.2, -0.15) is 0 Å². The number of hydrogen-bond donors (Lipinski definition) is 3. The second kappa shape index (κ2) is 11.9. The largest absolute Gasteiger partial charge is 0.444 e. The molecule has 2 atom stereocenters. The van der Waals surface area contributed by atoms with Crippen LogP contribution in [0.25, 0.3) is 0 Å². The van der Waals surface area contributed by atoms with Gasteiger partial charge < -0.3 is 25.2 Å². The smallest absolute Gasteiger partial charge is 0.410 e. The molecule has 1 fully saturated rings. The summed E-state index contributed by atoms with van der Waals surface area (Å²) in [7, 11) is 0. The summed E-state index contributed by atoms with van der Waals surface area (Å²) in [6, 6.07) is 10.8. The van der Waals surface area contributed by atoms with Crippen LogP contribution < -0.4 is 10.6 Å². The molecule has 3 heterocycles. The highest BCUT2D eigenvalue weighted by Gasteiger charge is 2.36. The standard InChI is InChI=1S/C28H38N4O5/c1-28(2,3)37-27(35)32-18-22-7-5-4-6-20(22)14-23(32)24(33)17-31-26(34)21-8-9-25(30-16-21)29-15-19-10-12-36-13-11-19/h4-9,16,19,23-24,33H,10-15,17-18H2,1-3H3,(H,29,30)(H,31,34)/t23-,24+/m0/s1. The number of amides is 2. The molecule has 1 saturated heterocycles. The average Bonchev–Trinajstić information content (AvgIpc) is 2.89. The van der Waals surface area contributed by atoms with Crippen LogP contribution in [0.4, 0.5) is 10.6 Å². The third kappa shape index (κ3) is 7.42. The van der Waals surface area contributed by atoms with Crippen LogP contribution in [0.15, 0.2) is 42.6 Å². The van der Waals surface area contributed by atoms with Crippen molar-refractivity contribution in [2.24, 2.45) is 5.92 Å². The van der Waals surface area contributed by atoms with Crippen molar-refractivity contribution in [1.82, 2.24) is 15.2 Å². The number of aliphatic hydroxyl groups excluding tert-OH is 1. The van der Waals surface area contributed by atoms with Gasteiger partial charge in [0, 0.05) is 39.0 Å². The third-order valence-corrected chi connectivity index (χ3v) is 6.77. The molecule has 3 N–H and O–H groups in total. The molecule has 37 heavy (non-hydrogen) atoms. The van der Waals surface area contributed by atoms with E-state index in [2.05, 4.69) is 15.6 Å². The molecule has 2 amide bonds. The SMILES string of the molecule is CC(C)(C)OC(=O)N1Cc2ccccc2C[C@H]1[C@H](O)CNC(=O)c1ccc(NCC2CCOCC2)nc1. The van der Waals surface area contributed by atoms with E-state index in [9.17, 15) is 14.7 Å². The quantitative estimate of drug-likeness (QED) is 0.523. The number of aliphatic hydroxyl groups is 1. The summed E-state index contributed by atoms with van der Waals surface area (Å²) in [6.07, 6.45) is 2.62. The Morgan fingerprint density at radius 1 is 1.16 bits per heavy atom. The molecule has 0 radical (unpaired) electrons. The highest BCUT2D eigenvalue weighted by molar-refractivity contribution is 5.94. The summed E-state index contributed by atoms with van der Waals surface area (Å²) >= 11 is 0. The Labute approximate surface area is 218 Å². The molecule has 2 aromatic rings. The van der Waals surface area contributed by atoms with Gasteiger partial charge in [-0.15, -0.1) is 0 Å². The van der Waals surface area contributed by atoms with Crippen LogP contribution in [-0.2, 0) is 22.4 Å². The van der Waals surface area contributed by atoms with Gasteiger partial charge in [0.15, 0.2) is 0 Å². The van der Waals surface area contributed by atoms with Gasteiger partial charge in [0.2, 0.25) is 0 Å². The highest BCUT2D eigenvalue weighted by Crippen LogP contribution is 2.27. The van der Waals surface area contributed by atoms with Crippen molar-refractivity contribution in [2.75, 3.05) is 31.6 Å². The fraction of sp³-hybridized carbons (Fsp3) is 0.536. The first-order valence-corrected chi connectivity index (χ1v) is 13.0. The van der Waals surface area contributed by atoms with Crippen LogP contribution in [-0.4, -0.2) is 71.0 Å². The average molecular weight is 511 g/mol. The third-order valence-electron chi connectivity index (χ3n) is 6.77. The van der Waals surface area contributed by atoms with E-state index in [4.69, 9.17) is 9.47 Å². The lowest BCUT2D eigenvalue weighted by atomic mass is 9.91. The summed E-state index contributed by atoms with van der Waals surface area (Å²) in [4.78, 5) is 31.6. The Morgan fingerprint density at radius 2 is 1.89 bits per heavy atom. The second-order valence-electron chi connectivity index (χ2n) is 10.8. The fourth-order valence-electron chi connectivity index (χ4n) is 4.68. The zero-order valence-electron chi connectivity index (χ0n) is 21.9. The van der Waals surface area contributed by atoms with Gasteiger partial charge in [0.1, 0.15) is 11.4 Å². The van der Waals surface area contributed by atoms with Crippen molar-refractivity contribution in [3.63, 3.8) is 0 Å². The molecule has 2 aliphatic heterocycles. The van der Waals surface area contributed by atoms with Crippen molar-refractivity contribution in [3.8, 4) is 0 Å². The minimum Gasteiger partial charge on any atom is -0.444 e. The number of nitrogens with zero attached hydrogens (tertiary/aromatic N) is 2. The number of ether oxygens (including phenoxy) is 2. The maximum absolute atomic E-state index is 13.0. The maximum atomic E-state index is 13.0. The maximum Gasteiger partial charge on any atom is 0.410 e. The topological polar surface area (TPSA) is 113 Å². The molecule has 2 aliphatic rings. The Kier molecular flexibility index (Phi) is 8.66. The molecule has 9 heteroatoms. The lowest BCUT2D eigenvalue weighted by molar-refractivity contribution is -0.0113. The van der Waals surface area contributed by atoms with Gasteiger partial charge in [-0.1, -0.05) is 24.3 Å². The van der Waals surface area contributed by atoms with Crippen molar-refractivity contribution < 1.29 is 24.2 Å². The van der Waals surface area contributed by atoms with E-state index in [1.807, 2.05) is 45.0 Å². The number of aromatic nitrogens is 1. The molecule has 9 nitrogen and oxygen atoms in total. The van der Waals surface area contributed by atoms with Gasteiger partial charge in [0.05, 0.1) is 17.7 Å². The van der Waals surface area contributed by atoms with Gasteiger partial charge in [0.25, 0.3) is 5.91 Å². The molecule has 0 aliphatic carbocycles. The lowest BCUT2D eigenvalue weighted by Crippen LogP contribution is -2.54. The Bertz CT molecular complexity index is 1060. The number of pyridine rings is 1. The first kappa shape index (κ1) is 26.9. The van der Waals surface area contributed by atoms with Gasteiger partial charge in [-0.3, -0.25) is 9.69 Å². The lowest BCUT2D eigenvalue weighted by Gasteiger charge is -2.40. The molecule has 0 saturated carbocycles. The molecular formula is C28H38N4O5. The molecule has 200 valence electrons. The van der Waals surface area contributed by atoms with E-state index in [1.54, 1.807) is 17.0 Å². The molecule has 0 unspecified atom stereocenters. The Morgan fingerprint density at radius 3 is 2.57 bits per heavy atom. The number of hydrogen-bond acceptors (Lipinski definition) is 7. The number of carbonyl (C=O) groups is 2. The zero-order chi connectivity index (χ0) is 26.4. The van der Waals surface area contributed by atoms with Gasteiger partial charge >= 0.3 is 6.09 Å². The number of nitrogens with one attached hydrogen (secondary N) is 2. The van der Waals surface area contributed by atoms with E-state index >= 15 is 0 Å². The van der Waals surface area contributed by atoms with Crippen molar-refractivity contribution in [3.05, 3.63) is 59.3 Å². The van der Waals surface area contributed by atoms with E-state index in [1.165, 1.54) is 6.20 Å². The summed E-state index contributed by atoms with van der Waals surface area (Å²) in [5, 5.41) is 17.2. The van der Waals surface area contributed by atoms with Crippen LogP contribution in [0.5, 0.6) is 0 Å². The highest BCUT2D eigenvalue weighted by atomic mass is 16.6. The molecule has 4 rings (SSSR count). The predicted molar refractivity (Wildman–Crippen MR) is 140 cm³/mol. The number of anilines is 1. The van der Waals surface area contributed by atoms with Crippen LogP contribution in [0.3, 0.4) is 0 Å². The fourth-order valence-corrected chi connectivity index (χ4v) is 4.68. The second-order valence-corrected chi connectivity index (χ2v) is 10.8. The number of carbonyl (C=O) groups excluding carboxylic acids is 2. The Hall–Kier alpha value is -3.17. The van der Waals surface area contributed by atoms with Crippen LogP contribution >= 0.6 is 0 Å². The monoisotopic (exact) mass is 510 g/mol. The minimum atomic E-state index is -0.974. The van der Waals surface area contributed by atoms with E-state index in [0.29, 0.717) is 24.4 Å². The molecular weight excluding hydrogens is 472 g/mol. The number of fused-ring (bicyclic) bond motifs is 1. The Balaban J connectivity index is 1.34. The van der Waals surface area contributed by atoms with Gasteiger partial charge in [-0.05, 0) is 69.2 Å². The summed E-state index contributed by atoms with van der Waals surface area (Å²) < 4.78 is 11.0. The zero-order valence-corrected chi connectivity index (χ0v) is 21.9. The molecule has 0 spiro atoms. The normalized spacial score (nSPS) is 19.0. The minimum absolute atomic E-state index is 0.00524. The molecule has 1 aromatic heterocycles. The van der Waals surface area contributed by atoms with Crippen molar-refractivity contribution in [1.29, 1.82) is 0 Å². The first-order valence-electron chi connectivity index (χ1n) is 13.0. The number of benzene rings is 1. The van der Waals surface area contributed by atoms with Crippen LogP contribution in [0, 0.1) is 5.92 Å². The summed E-state index contributed by atoms with van der Waals surface area (Å²) in [5.41, 5.74) is 1.85. The summed E-state index contributed by atoms with van der Waals surface area (Å²) in [6.45, 7) is 8.20. The molecule has 1 aromatic carbocycles. The summed E-state index contributed by atoms with van der Waals surface area (Å²) in [5.74, 6) is 0.950. The predicted octanol–water partition coefficient (Wildman–Crippen LogP) is 3.37.